The fraction of sp³-hybridized carbons (Fsp3) is 0.571. The van der Waals surface area contributed by atoms with Crippen molar-refractivity contribution in [2.24, 2.45) is 11.8 Å². The van der Waals surface area contributed by atoms with E-state index in [4.69, 9.17) is 0 Å². The van der Waals surface area contributed by atoms with E-state index in [1.807, 2.05) is 16.8 Å². The van der Waals surface area contributed by atoms with Gasteiger partial charge >= 0.3 is 7.12 Å². The molecule has 2 unspecified atom stereocenters. The van der Waals surface area contributed by atoms with Crippen LogP contribution in [0, 0.1) is 11.8 Å². The zero-order chi connectivity index (χ0) is 15.4. The van der Waals surface area contributed by atoms with E-state index in [9.17, 15) is 19.6 Å². The van der Waals surface area contributed by atoms with Crippen molar-refractivity contribution in [3.05, 3.63) is 22.4 Å². The number of carbonyl (C=O) groups excluding carboxylic acids is 2. The van der Waals surface area contributed by atoms with E-state index in [1.165, 1.54) is 18.3 Å². The van der Waals surface area contributed by atoms with Gasteiger partial charge in [-0.15, -0.1) is 0 Å². The second-order valence-electron chi connectivity index (χ2n) is 5.62. The summed E-state index contributed by atoms with van der Waals surface area (Å²) in [5.74, 6) is -1.54. The Morgan fingerprint density at radius 3 is 2.71 bits per heavy atom. The second-order valence-corrected chi connectivity index (χ2v) is 6.40. The van der Waals surface area contributed by atoms with Crippen LogP contribution in [0.2, 0.25) is 0 Å². The van der Waals surface area contributed by atoms with E-state index >= 15 is 0 Å². The smallest absolute Gasteiger partial charge is 0.426 e. The van der Waals surface area contributed by atoms with Crippen LogP contribution in [0.4, 0.5) is 0 Å². The number of hydrogen-bond acceptors (Lipinski definition) is 5. The van der Waals surface area contributed by atoms with Crippen molar-refractivity contribution in [3.8, 4) is 0 Å². The summed E-state index contributed by atoms with van der Waals surface area (Å²) in [7, 11) is -1.62. The maximum atomic E-state index is 12.3. The lowest BCUT2D eigenvalue weighted by atomic mass is 9.75. The van der Waals surface area contributed by atoms with Gasteiger partial charge in [0.25, 0.3) is 0 Å². The standard InChI is InChI=1S/C14H20BNO4S/c1-9(17)11-3-2-4-12(11)14(18)16-13(15(19)20)7-10-5-6-21-8-10/h5-6,8,11-13,19-20H,2-4,7H2,1H3,(H,16,18)/t11-,12?,13?/m1/s1. The molecule has 7 heteroatoms. The third-order valence-electron chi connectivity index (χ3n) is 4.10. The first-order valence-corrected chi connectivity index (χ1v) is 8.11. The summed E-state index contributed by atoms with van der Waals surface area (Å²) in [5, 5.41) is 25.4. The molecule has 1 fully saturated rings. The average molecular weight is 309 g/mol. The molecule has 0 aromatic carbocycles. The molecule has 0 radical (unpaired) electrons. The van der Waals surface area contributed by atoms with Gasteiger partial charge in [0.15, 0.2) is 0 Å². The number of Topliss-reactive ketones (excluding diaryl/α,β-unsaturated/α-hetero) is 1. The quantitative estimate of drug-likeness (QED) is 0.678. The van der Waals surface area contributed by atoms with Crippen molar-refractivity contribution in [3.63, 3.8) is 0 Å². The molecule has 3 atom stereocenters. The monoisotopic (exact) mass is 309 g/mol. The molecule has 21 heavy (non-hydrogen) atoms. The molecule has 1 heterocycles. The third-order valence-corrected chi connectivity index (χ3v) is 4.83. The number of thiophene rings is 1. The predicted octanol–water partition coefficient (Wildman–Crippen LogP) is 0.793. The van der Waals surface area contributed by atoms with E-state index in [-0.39, 0.29) is 23.5 Å². The SMILES string of the molecule is CC(=O)[C@H]1CCCC1C(=O)NC(Cc1ccsc1)B(O)O. The van der Waals surface area contributed by atoms with Crippen LogP contribution >= 0.6 is 11.3 Å². The summed E-state index contributed by atoms with van der Waals surface area (Å²) in [5.41, 5.74) is 0.952. The highest BCUT2D eigenvalue weighted by atomic mass is 32.1. The zero-order valence-electron chi connectivity index (χ0n) is 12.0. The van der Waals surface area contributed by atoms with E-state index in [2.05, 4.69) is 5.32 Å². The van der Waals surface area contributed by atoms with Gasteiger partial charge in [-0.1, -0.05) is 6.42 Å². The molecule has 0 saturated heterocycles. The molecule has 0 spiro atoms. The number of amides is 1. The molecule has 1 aromatic rings. The number of hydrogen-bond donors (Lipinski definition) is 3. The summed E-state index contributed by atoms with van der Waals surface area (Å²) in [4.78, 5) is 23.9. The van der Waals surface area contributed by atoms with Gasteiger partial charge in [-0.3, -0.25) is 9.59 Å². The molecule has 3 N–H and O–H groups in total. The lowest BCUT2D eigenvalue weighted by Crippen LogP contribution is -2.50. The van der Waals surface area contributed by atoms with Crippen molar-refractivity contribution in [1.82, 2.24) is 5.32 Å². The summed E-state index contributed by atoms with van der Waals surface area (Å²) >= 11 is 1.52. The molecule has 1 aliphatic rings. The summed E-state index contributed by atoms with van der Waals surface area (Å²) < 4.78 is 0. The predicted molar refractivity (Wildman–Crippen MR) is 81.7 cm³/mol. The largest absolute Gasteiger partial charge is 0.475 e. The van der Waals surface area contributed by atoms with Crippen LogP contribution in [-0.2, 0) is 16.0 Å². The fourth-order valence-electron chi connectivity index (χ4n) is 2.94. The molecule has 1 aromatic heterocycles. The van der Waals surface area contributed by atoms with Crippen molar-refractivity contribution in [1.29, 1.82) is 0 Å². The van der Waals surface area contributed by atoms with Gasteiger partial charge in [0, 0.05) is 11.8 Å². The first-order valence-electron chi connectivity index (χ1n) is 7.17. The van der Waals surface area contributed by atoms with Crippen LogP contribution in [0.3, 0.4) is 0 Å². The Balaban J connectivity index is 1.99. The number of carbonyl (C=O) groups is 2. The van der Waals surface area contributed by atoms with E-state index in [0.29, 0.717) is 12.8 Å². The lowest BCUT2D eigenvalue weighted by Gasteiger charge is -2.22. The van der Waals surface area contributed by atoms with Crippen LogP contribution in [0.25, 0.3) is 0 Å². The fourth-order valence-corrected chi connectivity index (χ4v) is 3.63. The minimum absolute atomic E-state index is 0.0339. The van der Waals surface area contributed by atoms with Crippen LogP contribution in [0.1, 0.15) is 31.7 Å². The molecule has 1 saturated carbocycles. The normalized spacial score (nSPS) is 22.8. The summed E-state index contributed by atoms with van der Waals surface area (Å²) in [6.07, 6.45) is 2.65. The van der Waals surface area contributed by atoms with Crippen LogP contribution in [0.5, 0.6) is 0 Å². The maximum absolute atomic E-state index is 12.3. The Hall–Kier alpha value is -1.18. The Bertz CT molecular complexity index is 491. The molecular weight excluding hydrogens is 289 g/mol. The molecule has 1 amide bonds. The second kappa shape index (κ2) is 7.20. The van der Waals surface area contributed by atoms with Crippen molar-refractivity contribution in [2.75, 3.05) is 0 Å². The number of nitrogens with one attached hydrogen (secondary N) is 1. The molecule has 1 aliphatic carbocycles. The Morgan fingerprint density at radius 1 is 1.43 bits per heavy atom. The zero-order valence-corrected chi connectivity index (χ0v) is 12.8. The van der Waals surface area contributed by atoms with Gasteiger partial charge in [0.1, 0.15) is 5.78 Å². The molecule has 114 valence electrons. The topological polar surface area (TPSA) is 86.6 Å². The Kier molecular flexibility index (Phi) is 5.55. The van der Waals surface area contributed by atoms with Crippen molar-refractivity contribution >= 4 is 30.1 Å². The van der Waals surface area contributed by atoms with E-state index in [1.54, 1.807) is 0 Å². The highest BCUT2D eigenvalue weighted by molar-refractivity contribution is 7.07. The molecule has 2 rings (SSSR count). The van der Waals surface area contributed by atoms with Gasteiger partial charge in [0.05, 0.1) is 5.94 Å². The van der Waals surface area contributed by atoms with Gasteiger partial charge < -0.3 is 15.4 Å². The Labute approximate surface area is 128 Å². The first-order chi connectivity index (χ1) is 9.99. The highest BCUT2D eigenvalue weighted by Crippen LogP contribution is 2.32. The lowest BCUT2D eigenvalue weighted by molar-refractivity contribution is -0.131. The van der Waals surface area contributed by atoms with Crippen LogP contribution in [-0.4, -0.2) is 34.8 Å². The molecule has 5 nitrogen and oxygen atoms in total. The minimum atomic E-state index is -1.62. The maximum Gasteiger partial charge on any atom is 0.475 e. The molecular formula is C14H20BNO4S. The van der Waals surface area contributed by atoms with Crippen LogP contribution in [0.15, 0.2) is 16.8 Å². The van der Waals surface area contributed by atoms with Gasteiger partial charge in [-0.25, -0.2) is 0 Å². The first kappa shape index (κ1) is 16.2. The highest BCUT2D eigenvalue weighted by Gasteiger charge is 2.37. The van der Waals surface area contributed by atoms with Crippen molar-refractivity contribution < 1.29 is 19.6 Å². The number of ketones is 1. The average Bonchev–Trinajstić information content (AvgIpc) is 3.08. The van der Waals surface area contributed by atoms with E-state index in [0.717, 1.165) is 18.4 Å². The Morgan fingerprint density at radius 2 is 2.14 bits per heavy atom. The third kappa shape index (κ3) is 4.15. The van der Waals surface area contributed by atoms with Gasteiger partial charge in [-0.2, -0.15) is 11.3 Å². The summed E-state index contributed by atoms with van der Waals surface area (Å²) in [6.45, 7) is 1.51. The van der Waals surface area contributed by atoms with Crippen molar-refractivity contribution in [2.45, 2.75) is 38.5 Å². The number of rotatable bonds is 6. The molecule has 0 aliphatic heterocycles. The molecule has 0 bridgehead atoms. The van der Waals surface area contributed by atoms with Crippen LogP contribution < -0.4 is 5.32 Å². The van der Waals surface area contributed by atoms with Gasteiger partial charge in [-0.05, 0) is 48.6 Å². The van der Waals surface area contributed by atoms with Gasteiger partial charge in [0.2, 0.25) is 5.91 Å². The minimum Gasteiger partial charge on any atom is -0.426 e. The van der Waals surface area contributed by atoms with E-state index < -0.39 is 13.1 Å². The summed E-state index contributed by atoms with van der Waals surface area (Å²) in [6, 6.07) is 1.89.